The number of sulfonamides is 1. The summed E-state index contributed by atoms with van der Waals surface area (Å²) < 4.78 is 79.7. The van der Waals surface area contributed by atoms with Gasteiger partial charge in [0.25, 0.3) is 21.9 Å². The summed E-state index contributed by atoms with van der Waals surface area (Å²) in [4.78, 5) is 13.1. The SMILES string of the molecule is C=CS(=O)(=O)NC(=O)c1cc(N2CC(F)C(F)(F)C2)n(-c2ccc(F)cc2)n1. The fourth-order valence-electron chi connectivity index (χ4n) is 2.62. The standard InChI is InChI=1S/C16H14F4N4O3S/c1-2-28(26,27)22-15(25)12-7-14(23-8-13(18)16(19,20)9-23)24(21-12)11-5-3-10(17)4-6-11/h2-7,13H,1,8-9H2,(H,22,25). The van der Waals surface area contributed by atoms with Gasteiger partial charge in [-0.25, -0.2) is 35.4 Å². The van der Waals surface area contributed by atoms with Crippen LogP contribution >= 0.6 is 0 Å². The average Bonchev–Trinajstić information content (AvgIpc) is 3.17. The quantitative estimate of drug-likeness (QED) is 0.751. The smallest absolute Gasteiger partial charge is 0.297 e. The maximum Gasteiger partial charge on any atom is 0.297 e. The molecule has 0 spiro atoms. The first-order valence-corrected chi connectivity index (χ1v) is 9.39. The van der Waals surface area contributed by atoms with Crippen molar-refractivity contribution in [3.05, 3.63) is 53.8 Å². The van der Waals surface area contributed by atoms with Crippen LogP contribution < -0.4 is 9.62 Å². The minimum absolute atomic E-state index is 0.0763. The number of hydrogen-bond donors (Lipinski definition) is 1. The van der Waals surface area contributed by atoms with Crippen molar-refractivity contribution in [2.24, 2.45) is 0 Å². The Bertz CT molecular complexity index is 1020. The number of nitrogens with one attached hydrogen (secondary N) is 1. The van der Waals surface area contributed by atoms with E-state index in [9.17, 15) is 30.8 Å². The molecule has 3 rings (SSSR count). The Balaban J connectivity index is 2.04. The van der Waals surface area contributed by atoms with Crippen molar-refractivity contribution in [3.8, 4) is 5.69 Å². The Morgan fingerprint density at radius 1 is 1.32 bits per heavy atom. The van der Waals surface area contributed by atoms with E-state index in [1.807, 2.05) is 0 Å². The van der Waals surface area contributed by atoms with Gasteiger partial charge >= 0.3 is 0 Å². The molecule has 0 radical (unpaired) electrons. The number of carbonyl (C=O) groups excluding carboxylic acids is 1. The molecule has 0 bridgehead atoms. The van der Waals surface area contributed by atoms with E-state index >= 15 is 0 Å². The number of rotatable bonds is 5. The molecule has 1 aromatic heterocycles. The number of hydrogen-bond acceptors (Lipinski definition) is 5. The Morgan fingerprint density at radius 3 is 2.50 bits per heavy atom. The van der Waals surface area contributed by atoms with Gasteiger partial charge in [-0.15, -0.1) is 0 Å². The fourth-order valence-corrected chi connectivity index (χ4v) is 3.07. The first-order valence-electron chi connectivity index (χ1n) is 7.85. The lowest BCUT2D eigenvalue weighted by Gasteiger charge is -2.18. The molecule has 1 unspecified atom stereocenters. The fraction of sp³-hybridized carbons (Fsp3) is 0.250. The van der Waals surface area contributed by atoms with Gasteiger partial charge < -0.3 is 4.90 Å². The lowest BCUT2D eigenvalue weighted by molar-refractivity contribution is -0.0349. The number of benzene rings is 1. The molecule has 1 aliphatic heterocycles. The van der Waals surface area contributed by atoms with Gasteiger partial charge in [-0.1, -0.05) is 6.58 Å². The van der Waals surface area contributed by atoms with E-state index in [2.05, 4.69) is 11.7 Å². The van der Waals surface area contributed by atoms with Crippen LogP contribution in [0.5, 0.6) is 0 Å². The van der Waals surface area contributed by atoms with Gasteiger partial charge in [-0.3, -0.25) is 4.79 Å². The van der Waals surface area contributed by atoms with Crippen molar-refractivity contribution in [2.75, 3.05) is 18.0 Å². The summed E-state index contributed by atoms with van der Waals surface area (Å²) in [7, 11) is -4.12. The van der Waals surface area contributed by atoms with Crippen LogP contribution in [0.25, 0.3) is 5.69 Å². The molecule has 150 valence electrons. The molecule has 12 heteroatoms. The van der Waals surface area contributed by atoms with E-state index in [1.165, 1.54) is 12.1 Å². The summed E-state index contributed by atoms with van der Waals surface area (Å²) >= 11 is 0. The minimum atomic E-state index is -4.12. The number of nitrogens with zero attached hydrogens (tertiary/aromatic N) is 3. The molecule has 1 amide bonds. The van der Waals surface area contributed by atoms with Crippen LogP contribution in [0.15, 0.2) is 42.3 Å². The van der Waals surface area contributed by atoms with Crippen molar-refractivity contribution in [1.29, 1.82) is 0 Å². The minimum Gasteiger partial charge on any atom is -0.347 e. The van der Waals surface area contributed by atoms with E-state index in [-0.39, 0.29) is 11.5 Å². The van der Waals surface area contributed by atoms with Gasteiger partial charge in [0.05, 0.1) is 18.8 Å². The van der Waals surface area contributed by atoms with Crippen LogP contribution in [0.2, 0.25) is 0 Å². The largest absolute Gasteiger partial charge is 0.347 e. The maximum atomic E-state index is 13.6. The first-order chi connectivity index (χ1) is 13.0. The van der Waals surface area contributed by atoms with E-state index in [0.717, 1.165) is 27.8 Å². The second-order valence-electron chi connectivity index (χ2n) is 6.03. The number of amides is 1. The highest BCUT2D eigenvalue weighted by Crippen LogP contribution is 2.34. The van der Waals surface area contributed by atoms with Gasteiger partial charge in [-0.05, 0) is 24.3 Å². The monoisotopic (exact) mass is 418 g/mol. The van der Waals surface area contributed by atoms with Gasteiger partial charge in [0.1, 0.15) is 11.6 Å². The summed E-state index contributed by atoms with van der Waals surface area (Å²) in [5, 5.41) is 4.43. The zero-order valence-electron chi connectivity index (χ0n) is 14.1. The second-order valence-corrected chi connectivity index (χ2v) is 7.66. The van der Waals surface area contributed by atoms with Crippen LogP contribution in [-0.2, 0) is 10.0 Å². The van der Waals surface area contributed by atoms with Crippen LogP contribution in [-0.4, -0.2) is 49.3 Å². The van der Waals surface area contributed by atoms with Crippen molar-refractivity contribution in [1.82, 2.24) is 14.5 Å². The molecule has 0 saturated carbocycles. The Kier molecular flexibility index (Phi) is 4.91. The van der Waals surface area contributed by atoms with Crippen molar-refractivity contribution < 1.29 is 30.8 Å². The molecule has 1 aliphatic rings. The third-order valence-corrected chi connectivity index (χ3v) is 4.92. The van der Waals surface area contributed by atoms with Crippen LogP contribution in [0.4, 0.5) is 23.4 Å². The van der Waals surface area contributed by atoms with Gasteiger partial charge in [0, 0.05) is 11.5 Å². The summed E-state index contributed by atoms with van der Waals surface area (Å²) in [6.45, 7) is 1.42. The highest BCUT2D eigenvalue weighted by Gasteiger charge is 2.49. The number of carbonyl (C=O) groups is 1. The molecule has 1 atom stereocenters. The molecular weight excluding hydrogens is 404 g/mol. The predicted molar refractivity (Wildman–Crippen MR) is 92.2 cm³/mol. The third-order valence-electron chi connectivity index (χ3n) is 4.01. The van der Waals surface area contributed by atoms with E-state index in [0.29, 0.717) is 5.41 Å². The third kappa shape index (κ3) is 3.86. The van der Waals surface area contributed by atoms with E-state index in [1.54, 1.807) is 4.72 Å². The van der Waals surface area contributed by atoms with Gasteiger partial charge in [0.15, 0.2) is 11.9 Å². The number of anilines is 1. The zero-order valence-corrected chi connectivity index (χ0v) is 15.0. The molecule has 2 heterocycles. The molecule has 1 aromatic carbocycles. The van der Waals surface area contributed by atoms with Gasteiger partial charge in [0.2, 0.25) is 0 Å². The summed E-state index contributed by atoms with van der Waals surface area (Å²) in [6, 6.07) is 5.76. The topological polar surface area (TPSA) is 84.3 Å². The number of alkyl halides is 3. The van der Waals surface area contributed by atoms with E-state index in [4.69, 9.17) is 0 Å². The Morgan fingerprint density at radius 2 is 1.96 bits per heavy atom. The zero-order chi connectivity index (χ0) is 20.7. The predicted octanol–water partition coefficient (Wildman–Crippen LogP) is 2.01. The lowest BCUT2D eigenvalue weighted by Crippen LogP contribution is -2.29. The normalized spacial score (nSPS) is 18.9. The average molecular weight is 418 g/mol. The van der Waals surface area contributed by atoms with Crippen LogP contribution in [0.3, 0.4) is 0 Å². The molecule has 7 nitrogen and oxygen atoms in total. The maximum absolute atomic E-state index is 13.6. The molecular formula is C16H14F4N4O3S. The van der Waals surface area contributed by atoms with E-state index < -0.39 is 52.6 Å². The summed E-state index contributed by atoms with van der Waals surface area (Å²) in [6.07, 6.45) is -2.43. The summed E-state index contributed by atoms with van der Waals surface area (Å²) in [5.41, 5.74) is -0.219. The number of halogens is 4. The number of aromatic nitrogens is 2. The Labute approximate surface area is 157 Å². The molecule has 1 saturated heterocycles. The second kappa shape index (κ2) is 6.93. The molecule has 28 heavy (non-hydrogen) atoms. The Hall–Kier alpha value is -2.89. The summed E-state index contributed by atoms with van der Waals surface area (Å²) in [5.74, 6) is -5.38. The van der Waals surface area contributed by atoms with Crippen LogP contribution in [0, 0.1) is 5.82 Å². The highest BCUT2D eigenvalue weighted by atomic mass is 32.2. The van der Waals surface area contributed by atoms with Crippen molar-refractivity contribution in [3.63, 3.8) is 0 Å². The molecule has 1 N–H and O–H groups in total. The first kappa shape index (κ1) is 19.9. The van der Waals surface area contributed by atoms with Gasteiger partial charge in [-0.2, -0.15) is 5.10 Å². The molecule has 0 aliphatic carbocycles. The van der Waals surface area contributed by atoms with Crippen molar-refractivity contribution in [2.45, 2.75) is 12.1 Å². The van der Waals surface area contributed by atoms with Crippen LogP contribution in [0.1, 0.15) is 10.5 Å². The highest BCUT2D eigenvalue weighted by molar-refractivity contribution is 7.92. The molecule has 2 aromatic rings. The molecule has 1 fully saturated rings. The lowest BCUT2D eigenvalue weighted by atomic mass is 10.3. The van der Waals surface area contributed by atoms with Crippen molar-refractivity contribution >= 4 is 21.7 Å².